The van der Waals surface area contributed by atoms with E-state index in [4.69, 9.17) is 5.11 Å². The van der Waals surface area contributed by atoms with E-state index in [0.717, 1.165) is 15.6 Å². The lowest BCUT2D eigenvalue weighted by Crippen LogP contribution is -2.43. The van der Waals surface area contributed by atoms with Gasteiger partial charge >= 0.3 is 5.97 Å². The monoisotopic (exact) mass is 268 g/mol. The van der Waals surface area contributed by atoms with Crippen molar-refractivity contribution >= 4 is 23.2 Å². The van der Waals surface area contributed by atoms with E-state index in [1.807, 2.05) is 13.8 Å². The van der Waals surface area contributed by atoms with Gasteiger partial charge in [-0.2, -0.15) is 0 Å². The van der Waals surface area contributed by atoms with Gasteiger partial charge in [-0.1, -0.05) is 0 Å². The van der Waals surface area contributed by atoms with Crippen LogP contribution in [-0.4, -0.2) is 22.0 Å². The summed E-state index contributed by atoms with van der Waals surface area (Å²) in [5.41, 5.74) is 0.983. The molecule has 1 fully saturated rings. The molecule has 98 valence electrons. The minimum Gasteiger partial charge on any atom is -0.481 e. The van der Waals surface area contributed by atoms with Crippen LogP contribution in [0, 0.1) is 25.7 Å². The molecule has 1 aliphatic carbocycles. The van der Waals surface area contributed by atoms with E-state index in [1.165, 1.54) is 0 Å². The maximum absolute atomic E-state index is 11.8. The normalized spacial score (nSPS) is 22.3. The van der Waals surface area contributed by atoms with Crippen LogP contribution in [0.2, 0.25) is 0 Å². The highest BCUT2D eigenvalue weighted by atomic mass is 32.1. The smallest absolute Gasteiger partial charge is 0.307 e. The standard InChI is InChI=1S/C12H16N2O3S/c1-6-7(2)18-10(14-6)5-13-11(15)8-3-4-9(8)12(16)17/h8-9H,3-5H2,1-2H3,(H,13,15)(H,16,17). The summed E-state index contributed by atoms with van der Waals surface area (Å²) >= 11 is 1.56. The van der Waals surface area contributed by atoms with Crippen LogP contribution < -0.4 is 5.32 Å². The average Bonchev–Trinajstić information content (AvgIpc) is 2.53. The van der Waals surface area contributed by atoms with E-state index >= 15 is 0 Å². The number of hydrogen-bond acceptors (Lipinski definition) is 4. The third kappa shape index (κ3) is 2.53. The molecule has 6 heteroatoms. The summed E-state index contributed by atoms with van der Waals surface area (Å²) in [5.74, 6) is -1.92. The first-order valence-electron chi connectivity index (χ1n) is 5.92. The van der Waals surface area contributed by atoms with Gasteiger partial charge in [0.05, 0.1) is 24.1 Å². The zero-order valence-corrected chi connectivity index (χ0v) is 11.2. The quantitative estimate of drug-likeness (QED) is 0.867. The van der Waals surface area contributed by atoms with Crippen LogP contribution in [0.15, 0.2) is 0 Å². The summed E-state index contributed by atoms with van der Waals surface area (Å²) in [4.78, 5) is 28.1. The number of carboxylic acid groups (broad SMARTS) is 1. The van der Waals surface area contributed by atoms with Gasteiger partial charge in [-0.15, -0.1) is 11.3 Å². The van der Waals surface area contributed by atoms with Crippen LogP contribution in [0.25, 0.3) is 0 Å². The van der Waals surface area contributed by atoms with Crippen LogP contribution in [0.4, 0.5) is 0 Å². The molecule has 1 heterocycles. The van der Waals surface area contributed by atoms with E-state index in [2.05, 4.69) is 10.3 Å². The topological polar surface area (TPSA) is 79.3 Å². The summed E-state index contributed by atoms with van der Waals surface area (Å²) < 4.78 is 0. The molecular weight excluding hydrogens is 252 g/mol. The van der Waals surface area contributed by atoms with Gasteiger partial charge in [0.15, 0.2) is 0 Å². The van der Waals surface area contributed by atoms with Gasteiger partial charge in [-0.3, -0.25) is 9.59 Å². The summed E-state index contributed by atoms with van der Waals surface area (Å²) in [5, 5.41) is 12.5. The largest absolute Gasteiger partial charge is 0.481 e. The van der Waals surface area contributed by atoms with Crippen LogP contribution in [-0.2, 0) is 16.1 Å². The fourth-order valence-corrected chi connectivity index (χ4v) is 2.89. The van der Waals surface area contributed by atoms with Gasteiger partial charge in [0.1, 0.15) is 5.01 Å². The van der Waals surface area contributed by atoms with Crippen LogP contribution in [0.3, 0.4) is 0 Å². The molecule has 1 saturated carbocycles. The van der Waals surface area contributed by atoms with Gasteiger partial charge in [0, 0.05) is 4.88 Å². The molecule has 1 aromatic rings. The maximum atomic E-state index is 11.8. The highest BCUT2D eigenvalue weighted by molar-refractivity contribution is 7.11. The zero-order chi connectivity index (χ0) is 13.3. The van der Waals surface area contributed by atoms with Gasteiger partial charge in [0.2, 0.25) is 5.91 Å². The van der Waals surface area contributed by atoms with E-state index in [0.29, 0.717) is 19.4 Å². The van der Waals surface area contributed by atoms with Gasteiger partial charge in [-0.25, -0.2) is 4.98 Å². The van der Waals surface area contributed by atoms with Crippen molar-refractivity contribution in [3.05, 3.63) is 15.6 Å². The Morgan fingerprint density at radius 3 is 2.50 bits per heavy atom. The Hall–Kier alpha value is -1.43. The number of carboxylic acids is 1. The van der Waals surface area contributed by atoms with Crippen molar-refractivity contribution in [2.75, 3.05) is 0 Å². The number of rotatable bonds is 4. The van der Waals surface area contributed by atoms with E-state index in [9.17, 15) is 9.59 Å². The molecule has 1 aliphatic rings. The Balaban J connectivity index is 1.87. The second-order valence-electron chi connectivity index (χ2n) is 4.60. The van der Waals surface area contributed by atoms with Gasteiger partial charge < -0.3 is 10.4 Å². The number of aliphatic carboxylic acids is 1. The van der Waals surface area contributed by atoms with Crippen molar-refractivity contribution in [3.8, 4) is 0 Å². The molecule has 0 aliphatic heterocycles. The first-order chi connectivity index (χ1) is 8.49. The van der Waals surface area contributed by atoms with E-state index in [1.54, 1.807) is 11.3 Å². The van der Waals surface area contributed by atoms with Crippen LogP contribution in [0.1, 0.15) is 28.4 Å². The number of carbonyl (C=O) groups excluding carboxylic acids is 1. The number of aryl methyl sites for hydroxylation is 2. The van der Waals surface area contributed by atoms with E-state index in [-0.39, 0.29) is 11.8 Å². The fourth-order valence-electron chi connectivity index (χ4n) is 2.02. The average molecular weight is 268 g/mol. The third-order valence-electron chi connectivity index (χ3n) is 3.42. The lowest BCUT2D eigenvalue weighted by molar-refractivity contribution is -0.152. The molecule has 18 heavy (non-hydrogen) atoms. The summed E-state index contributed by atoms with van der Waals surface area (Å²) in [6.07, 6.45) is 1.27. The van der Waals surface area contributed by atoms with Crippen LogP contribution in [0.5, 0.6) is 0 Å². The first kappa shape index (κ1) is 13.0. The number of nitrogens with zero attached hydrogens (tertiary/aromatic N) is 1. The minimum absolute atomic E-state index is 0.167. The molecular formula is C12H16N2O3S. The molecule has 5 nitrogen and oxygen atoms in total. The Morgan fingerprint density at radius 1 is 1.39 bits per heavy atom. The van der Waals surface area contributed by atoms with Crippen molar-refractivity contribution in [3.63, 3.8) is 0 Å². The fraction of sp³-hybridized carbons (Fsp3) is 0.583. The molecule has 2 N–H and O–H groups in total. The molecule has 0 radical (unpaired) electrons. The molecule has 0 bridgehead atoms. The zero-order valence-electron chi connectivity index (χ0n) is 10.4. The number of aromatic nitrogens is 1. The molecule has 0 aromatic carbocycles. The maximum Gasteiger partial charge on any atom is 0.307 e. The predicted molar refractivity (Wildman–Crippen MR) is 67.3 cm³/mol. The van der Waals surface area contributed by atoms with Crippen molar-refractivity contribution in [2.45, 2.75) is 33.2 Å². The Kier molecular flexibility index (Phi) is 3.65. The Bertz CT molecular complexity index is 464. The van der Waals surface area contributed by atoms with Crippen molar-refractivity contribution in [1.82, 2.24) is 10.3 Å². The molecule has 2 unspecified atom stereocenters. The lowest BCUT2D eigenvalue weighted by Gasteiger charge is -2.31. The van der Waals surface area contributed by atoms with Gasteiger partial charge in [-0.05, 0) is 26.7 Å². The second-order valence-corrected chi connectivity index (χ2v) is 5.88. The van der Waals surface area contributed by atoms with Crippen molar-refractivity contribution in [1.29, 1.82) is 0 Å². The summed E-state index contributed by atoms with van der Waals surface area (Å²) in [7, 11) is 0. The third-order valence-corrected chi connectivity index (χ3v) is 4.49. The number of amides is 1. The minimum atomic E-state index is -0.873. The SMILES string of the molecule is Cc1nc(CNC(=O)C2CCC2C(=O)O)sc1C. The molecule has 2 atom stereocenters. The summed E-state index contributed by atoms with van der Waals surface area (Å²) in [6, 6.07) is 0. The highest BCUT2D eigenvalue weighted by Gasteiger charge is 2.41. The molecule has 2 rings (SSSR count). The van der Waals surface area contributed by atoms with Crippen LogP contribution >= 0.6 is 11.3 Å². The number of hydrogen-bond donors (Lipinski definition) is 2. The second kappa shape index (κ2) is 5.06. The van der Waals surface area contributed by atoms with Crippen molar-refractivity contribution < 1.29 is 14.7 Å². The number of thiazole rings is 1. The Morgan fingerprint density at radius 2 is 2.06 bits per heavy atom. The number of nitrogens with one attached hydrogen (secondary N) is 1. The number of carbonyl (C=O) groups is 2. The molecule has 1 amide bonds. The van der Waals surface area contributed by atoms with Gasteiger partial charge in [0.25, 0.3) is 0 Å². The molecule has 0 saturated heterocycles. The highest BCUT2D eigenvalue weighted by Crippen LogP contribution is 2.34. The van der Waals surface area contributed by atoms with E-state index < -0.39 is 11.9 Å². The van der Waals surface area contributed by atoms with Crippen molar-refractivity contribution in [2.24, 2.45) is 11.8 Å². The summed E-state index contributed by atoms with van der Waals surface area (Å²) in [6.45, 7) is 4.31. The molecule has 0 spiro atoms. The lowest BCUT2D eigenvalue weighted by atomic mass is 9.73. The first-order valence-corrected chi connectivity index (χ1v) is 6.74. The predicted octanol–water partition coefficient (Wildman–Crippen LogP) is 1.49. The Labute approximate surface area is 109 Å². The molecule has 1 aromatic heterocycles.